The average Bonchev–Trinajstić information content (AvgIpc) is 2.95. The van der Waals surface area contributed by atoms with Gasteiger partial charge in [-0.1, -0.05) is 6.07 Å². The molecule has 2 aliphatic heterocycles. The zero-order valence-electron chi connectivity index (χ0n) is 15.9. The molecule has 0 aromatic carbocycles. The number of piperidine rings is 1. The van der Waals surface area contributed by atoms with Crippen LogP contribution in [0.15, 0.2) is 18.3 Å². The van der Waals surface area contributed by atoms with Gasteiger partial charge in [-0.2, -0.15) is 0 Å². The maximum absolute atomic E-state index is 12.2. The highest BCUT2D eigenvalue weighted by Crippen LogP contribution is 2.39. The van der Waals surface area contributed by atoms with Crippen LogP contribution in [0.25, 0.3) is 0 Å². The minimum atomic E-state index is -0.115. The summed E-state index contributed by atoms with van der Waals surface area (Å²) in [5.74, 6) is 1.00. The Hall–Kier alpha value is -2.15. The van der Waals surface area contributed by atoms with Crippen LogP contribution in [-0.4, -0.2) is 64.9 Å². The minimum absolute atomic E-state index is 0.0239. The molecule has 0 saturated carbocycles. The summed E-state index contributed by atoms with van der Waals surface area (Å²) in [4.78, 5) is 32.4. The zero-order chi connectivity index (χ0) is 18.7. The number of hydrogen-bond acceptors (Lipinski definition) is 5. The molecule has 1 aromatic heterocycles. The smallest absolute Gasteiger partial charge is 0.219 e. The summed E-state index contributed by atoms with van der Waals surface area (Å²) < 4.78 is 0. The number of pyridine rings is 1. The molecule has 7 nitrogen and oxygen atoms in total. The van der Waals surface area contributed by atoms with Crippen LogP contribution >= 0.6 is 0 Å². The Morgan fingerprint density at radius 1 is 1.31 bits per heavy atom. The van der Waals surface area contributed by atoms with Crippen molar-refractivity contribution in [2.45, 2.75) is 51.2 Å². The van der Waals surface area contributed by atoms with E-state index < -0.39 is 0 Å². The van der Waals surface area contributed by atoms with E-state index in [1.165, 1.54) is 5.56 Å². The number of rotatable bonds is 4. The molecule has 2 N–H and O–H groups in total. The van der Waals surface area contributed by atoms with Crippen LogP contribution in [0.1, 0.15) is 38.7 Å². The lowest BCUT2D eigenvalue weighted by Crippen LogP contribution is -2.53. The molecule has 142 valence electrons. The SMILES string of the molecule is CNc1ncccc1CN1CCC2(CC1)C[C@H](NC(C)=O)CN2C(C)=O. The van der Waals surface area contributed by atoms with Crippen molar-refractivity contribution < 1.29 is 9.59 Å². The average molecular weight is 359 g/mol. The summed E-state index contributed by atoms with van der Waals surface area (Å²) in [5, 5.41) is 6.15. The second-order valence-corrected chi connectivity index (χ2v) is 7.49. The van der Waals surface area contributed by atoms with Gasteiger partial charge in [-0.05, 0) is 25.3 Å². The zero-order valence-corrected chi connectivity index (χ0v) is 15.9. The topological polar surface area (TPSA) is 77.6 Å². The first-order valence-electron chi connectivity index (χ1n) is 9.33. The van der Waals surface area contributed by atoms with Gasteiger partial charge in [0.15, 0.2) is 0 Å². The number of likely N-dealkylation sites (tertiary alicyclic amines) is 2. The Morgan fingerprint density at radius 2 is 2.04 bits per heavy atom. The number of amides is 2. The van der Waals surface area contributed by atoms with E-state index in [-0.39, 0.29) is 23.4 Å². The van der Waals surface area contributed by atoms with Gasteiger partial charge in [-0.15, -0.1) is 0 Å². The highest BCUT2D eigenvalue weighted by molar-refractivity contribution is 5.76. The molecular weight excluding hydrogens is 330 g/mol. The lowest BCUT2D eigenvalue weighted by Gasteiger charge is -2.44. The van der Waals surface area contributed by atoms with E-state index in [1.54, 1.807) is 20.0 Å². The number of anilines is 1. The van der Waals surface area contributed by atoms with Crippen LogP contribution in [0.5, 0.6) is 0 Å². The molecule has 2 aliphatic rings. The van der Waals surface area contributed by atoms with Crippen LogP contribution in [0.3, 0.4) is 0 Å². The van der Waals surface area contributed by atoms with Crippen LogP contribution in [-0.2, 0) is 16.1 Å². The third kappa shape index (κ3) is 3.82. The van der Waals surface area contributed by atoms with Crippen LogP contribution in [0.2, 0.25) is 0 Å². The van der Waals surface area contributed by atoms with Gasteiger partial charge in [-0.25, -0.2) is 4.98 Å². The molecule has 1 aromatic rings. The molecule has 1 spiro atoms. The highest BCUT2D eigenvalue weighted by atomic mass is 16.2. The number of nitrogens with one attached hydrogen (secondary N) is 2. The third-order valence-corrected chi connectivity index (χ3v) is 5.70. The van der Waals surface area contributed by atoms with Crippen molar-refractivity contribution in [2.24, 2.45) is 0 Å². The van der Waals surface area contributed by atoms with Crippen molar-refractivity contribution >= 4 is 17.6 Å². The maximum atomic E-state index is 12.2. The first-order valence-corrected chi connectivity index (χ1v) is 9.33. The van der Waals surface area contributed by atoms with Gasteiger partial charge in [0.25, 0.3) is 0 Å². The van der Waals surface area contributed by atoms with Gasteiger partial charge >= 0.3 is 0 Å². The molecule has 0 bridgehead atoms. The fourth-order valence-electron chi connectivity index (χ4n) is 4.53. The first kappa shape index (κ1) is 18.6. The number of aromatic nitrogens is 1. The molecule has 2 amide bonds. The second kappa shape index (κ2) is 7.61. The van der Waals surface area contributed by atoms with E-state index in [4.69, 9.17) is 0 Å². The van der Waals surface area contributed by atoms with Crippen molar-refractivity contribution in [3.63, 3.8) is 0 Å². The first-order chi connectivity index (χ1) is 12.4. The van der Waals surface area contributed by atoms with Gasteiger partial charge in [0.2, 0.25) is 11.8 Å². The highest BCUT2D eigenvalue weighted by Gasteiger charge is 2.48. The molecule has 7 heteroatoms. The molecule has 3 heterocycles. The van der Waals surface area contributed by atoms with Crippen LogP contribution in [0.4, 0.5) is 5.82 Å². The van der Waals surface area contributed by atoms with E-state index in [2.05, 4.69) is 26.6 Å². The van der Waals surface area contributed by atoms with Crippen LogP contribution in [0, 0.1) is 0 Å². The normalized spacial score (nSPS) is 22.4. The Balaban J connectivity index is 1.66. The quantitative estimate of drug-likeness (QED) is 0.845. The third-order valence-electron chi connectivity index (χ3n) is 5.70. The number of hydrogen-bond donors (Lipinski definition) is 2. The summed E-state index contributed by atoms with van der Waals surface area (Å²) >= 11 is 0. The minimum Gasteiger partial charge on any atom is -0.373 e. The van der Waals surface area contributed by atoms with E-state index >= 15 is 0 Å². The van der Waals surface area contributed by atoms with Gasteiger partial charge in [0.05, 0.1) is 0 Å². The van der Waals surface area contributed by atoms with E-state index in [9.17, 15) is 9.59 Å². The standard InChI is InChI=1S/C19H29N5O2/c1-14(25)22-17-11-19(24(13-17)15(2)26)6-9-23(10-7-19)12-16-5-4-8-21-18(16)20-3/h4-5,8,17H,6-7,9-13H2,1-3H3,(H,20,21)(H,22,25)/t17-/m0/s1. The van der Waals surface area contributed by atoms with Crippen molar-refractivity contribution in [1.82, 2.24) is 20.1 Å². The monoisotopic (exact) mass is 359 g/mol. The number of nitrogens with zero attached hydrogens (tertiary/aromatic N) is 3. The molecule has 0 aliphatic carbocycles. The van der Waals surface area contributed by atoms with E-state index in [0.717, 1.165) is 44.7 Å². The van der Waals surface area contributed by atoms with E-state index in [1.807, 2.05) is 18.0 Å². The number of carbonyl (C=O) groups excluding carboxylic acids is 2. The summed E-state index contributed by atoms with van der Waals surface area (Å²) in [5.41, 5.74) is 1.08. The Bertz CT molecular complexity index is 670. The molecule has 0 unspecified atom stereocenters. The number of carbonyl (C=O) groups is 2. The largest absolute Gasteiger partial charge is 0.373 e. The Morgan fingerprint density at radius 3 is 2.65 bits per heavy atom. The summed E-state index contributed by atoms with van der Waals surface area (Å²) in [7, 11) is 1.89. The van der Waals surface area contributed by atoms with Gasteiger partial charge in [0.1, 0.15) is 5.82 Å². The van der Waals surface area contributed by atoms with Crippen molar-refractivity contribution in [3.8, 4) is 0 Å². The molecule has 2 saturated heterocycles. The molecule has 26 heavy (non-hydrogen) atoms. The summed E-state index contributed by atoms with van der Waals surface area (Å²) in [6, 6.07) is 4.14. The Kier molecular flexibility index (Phi) is 5.46. The predicted molar refractivity (Wildman–Crippen MR) is 101 cm³/mol. The van der Waals surface area contributed by atoms with Crippen molar-refractivity contribution in [3.05, 3.63) is 23.9 Å². The fourth-order valence-corrected chi connectivity index (χ4v) is 4.53. The lowest BCUT2D eigenvalue weighted by atomic mass is 9.84. The maximum Gasteiger partial charge on any atom is 0.219 e. The van der Waals surface area contributed by atoms with Crippen molar-refractivity contribution in [1.29, 1.82) is 0 Å². The molecule has 3 rings (SSSR count). The molecular formula is C19H29N5O2. The molecule has 2 fully saturated rings. The molecule has 0 radical (unpaired) electrons. The van der Waals surface area contributed by atoms with Crippen molar-refractivity contribution in [2.75, 3.05) is 32.0 Å². The molecule has 1 atom stereocenters. The summed E-state index contributed by atoms with van der Waals surface area (Å²) in [6.45, 7) is 6.54. The van der Waals surface area contributed by atoms with Gasteiger partial charge in [0, 0.05) is 70.4 Å². The summed E-state index contributed by atoms with van der Waals surface area (Å²) in [6.07, 6.45) is 4.54. The predicted octanol–water partition coefficient (Wildman–Crippen LogP) is 1.21. The Labute approximate surface area is 155 Å². The fraction of sp³-hybridized carbons (Fsp3) is 0.632. The van der Waals surface area contributed by atoms with E-state index in [0.29, 0.717) is 6.54 Å². The van der Waals surface area contributed by atoms with Gasteiger partial charge in [-0.3, -0.25) is 14.5 Å². The van der Waals surface area contributed by atoms with Gasteiger partial charge < -0.3 is 15.5 Å². The van der Waals surface area contributed by atoms with Crippen LogP contribution < -0.4 is 10.6 Å². The lowest BCUT2D eigenvalue weighted by molar-refractivity contribution is -0.134. The second-order valence-electron chi connectivity index (χ2n) is 7.49.